The number of carbonyl (C=O) groups is 1. The van der Waals surface area contributed by atoms with Crippen LogP contribution in [0.25, 0.3) is 0 Å². The van der Waals surface area contributed by atoms with Crippen LogP contribution in [0.5, 0.6) is 0 Å². The highest BCUT2D eigenvalue weighted by Crippen LogP contribution is 1.87. The van der Waals surface area contributed by atoms with Crippen molar-refractivity contribution in [2.24, 2.45) is 5.73 Å². The fraction of sp³-hybridized carbons (Fsp3) is 0.667. The predicted octanol–water partition coefficient (Wildman–Crippen LogP) is -1.38. The van der Waals surface area contributed by atoms with Crippen LogP contribution >= 0.6 is 0 Å². The summed E-state index contributed by atoms with van der Waals surface area (Å²) in [5.74, 6) is -1.91. The van der Waals surface area contributed by atoms with Gasteiger partial charge in [-0.1, -0.05) is 0 Å². The molecule has 7 heteroatoms. The Morgan fingerprint density at radius 1 is 1.80 bits per heavy atom. The number of carboxylic acids is 1. The van der Waals surface area contributed by atoms with Gasteiger partial charge in [0.25, 0.3) is 0 Å². The Hall–Kier alpha value is -0.240. The molecule has 4 N–H and O–H groups in total. The van der Waals surface area contributed by atoms with Crippen molar-refractivity contribution in [1.29, 1.82) is 0 Å². The van der Waals surface area contributed by atoms with Crippen LogP contribution in [0.15, 0.2) is 0 Å². The van der Waals surface area contributed by atoms with E-state index >= 15 is 0 Å². The van der Waals surface area contributed by atoms with Crippen molar-refractivity contribution >= 4 is 25.9 Å². The summed E-state index contributed by atoms with van der Waals surface area (Å²) in [6.45, 7) is 0. The zero-order chi connectivity index (χ0) is 8.36. The maximum atomic E-state index is 10.3. The summed E-state index contributed by atoms with van der Waals surface area (Å²) < 4.78 is 18.8. The van der Waals surface area contributed by atoms with Crippen LogP contribution < -0.4 is 5.73 Å². The Balaban J connectivity index is 4.06. The van der Waals surface area contributed by atoms with Crippen LogP contribution in [0.2, 0.25) is 0 Å². The molecule has 0 saturated carbocycles. The third-order valence-corrected chi connectivity index (χ3v) is 1.90. The summed E-state index contributed by atoms with van der Waals surface area (Å²) in [7, 11) is -3.44. The van der Waals surface area contributed by atoms with Gasteiger partial charge in [-0.15, -0.1) is 0 Å². The number of aliphatic carboxylic acids is 1. The zero-order valence-electron chi connectivity index (χ0n) is 4.89. The van der Waals surface area contributed by atoms with Crippen LogP contribution in [0.3, 0.4) is 0 Å². The molecule has 1 unspecified atom stereocenters. The number of hydrogen-bond donors (Lipinski definition) is 3. The van der Waals surface area contributed by atoms with Crippen molar-refractivity contribution in [1.82, 2.24) is 0 Å². The van der Waals surface area contributed by atoms with Crippen molar-refractivity contribution in [2.75, 3.05) is 5.75 Å². The molecule has 2 atom stereocenters. The van der Waals surface area contributed by atoms with Gasteiger partial charge in [0.05, 0.1) is 5.75 Å². The fourth-order valence-corrected chi connectivity index (χ4v) is 1.33. The molecule has 0 heterocycles. The van der Waals surface area contributed by atoms with Gasteiger partial charge in [-0.25, -0.2) is 4.21 Å². The van der Waals surface area contributed by atoms with E-state index < -0.39 is 26.5 Å². The van der Waals surface area contributed by atoms with Crippen LogP contribution in [0.1, 0.15) is 0 Å². The number of hydrogen-bond acceptors (Lipinski definition) is 4. The minimum absolute atomic E-state index is 0.586. The fourth-order valence-electron chi connectivity index (χ4n) is 0.298. The van der Waals surface area contributed by atoms with Gasteiger partial charge in [0.15, 0.2) is 0 Å². The average Bonchev–Trinajstić information content (AvgIpc) is 1.60. The quantitative estimate of drug-likeness (QED) is 0.501. The molecule has 0 aliphatic heterocycles. The summed E-state index contributed by atoms with van der Waals surface area (Å²) in [6, 6.07) is -1.35. The van der Waals surface area contributed by atoms with Crippen molar-refractivity contribution in [3.8, 4) is 0 Å². The van der Waals surface area contributed by atoms with Gasteiger partial charge in [0.2, 0.25) is 0 Å². The first-order valence-corrected chi connectivity index (χ1v) is 4.87. The Labute approximate surface area is 62.7 Å². The lowest BCUT2D eigenvalue weighted by molar-refractivity contribution is -0.137. The Morgan fingerprint density at radius 2 is 2.20 bits per heavy atom. The molecule has 0 bridgehead atoms. The maximum Gasteiger partial charge on any atom is 0.321 e. The highest BCUT2D eigenvalue weighted by atomic mass is 32.8. The van der Waals surface area contributed by atoms with E-state index in [4.69, 9.17) is 15.4 Å². The second kappa shape index (κ2) is 3.24. The van der Waals surface area contributed by atoms with E-state index in [-0.39, 0.29) is 0 Å². The second-order valence-corrected chi connectivity index (χ2v) is 4.75. The molecule has 5 nitrogen and oxygen atoms in total. The van der Waals surface area contributed by atoms with Gasteiger partial charge in [0, 0.05) is 11.2 Å². The van der Waals surface area contributed by atoms with E-state index in [1.807, 2.05) is 0 Å². The summed E-state index contributed by atoms with van der Waals surface area (Å²) in [5, 5.41) is 8.14. The maximum absolute atomic E-state index is 10.3. The molecule has 0 aromatic heterocycles. The van der Waals surface area contributed by atoms with Crippen LogP contribution in [-0.2, 0) is 24.8 Å². The normalized spacial score (nSPS) is 19.4. The van der Waals surface area contributed by atoms with E-state index in [2.05, 4.69) is 11.2 Å². The molecule has 10 heavy (non-hydrogen) atoms. The standard InChI is InChI=1S/C3H7NO4S2/c4-2(3(5)6)1-10(7,8)9/h2H,1,4H2,(H,5,6)(H,7,8,9)/t2-/m0/s1. The zero-order valence-corrected chi connectivity index (χ0v) is 6.52. The number of nitrogens with two attached hydrogens (primary N) is 1. The van der Waals surface area contributed by atoms with Crippen molar-refractivity contribution < 1.29 is 18.7 Å². The molecule has 0 radical (unpaired) electrons. The van der Waals surface area contributed by atoms with Crippen molar-refractivity contribution in [3.05, 3.63) is 0 Å². The first kappa shape index (κ1) is 9.76. The largest absolute Gasteiger partial charge is 0.480 e. The van der Waals surface area contributed by atoms with Crippen molar-refractivity contribution in [2.45, 2.75) is 6.04 Å². The van der Waals surface area contributed by atoms with Gasteiger partial charge in [-0.3, -0.25) is 4.79 Å². The highest BCUT2D eigenvalue weighted by Gasteiger charge is 2.16. The third-order valence-electron chi connectivity index (χ3n) is 0.707. The predicted molar refractivity (Wildman–Crippen MR) is 38.6 cm³/mol. The average molecular weight is 185 g/mol. The minimum Gasteiger partial charge on any atom is -0.480 e. The SMILES string of the molecule is N[C@@H](CS(=O)(O)=S)C(=O)O. The number of rotatable bonds is 3. The third kappa shape index (κ3) is 4.62. The summed E-state index contributed by atoms with van der Waals surface area (Å²) in [5.41, 5.74) is 4.90. The number of carboxylic acid groups (broad SMARTS) is 1. The topological polar surface area (TPSA) is 101 Å². The molecule has 0 fully saturated rings. The van der Waals surface area contributed by atoms with E-state index in [9.17, 15) is 9.00 Å². The molecule has 0 spiro atoms. The first-order valence-electron chi connectivity index (χ1n) is 2.26. The Kier molecular flexibility index (Phi) is 3.16. The molecule has 0 saturated heterocycles. The lowest BCUT2D eigenvalue weighted by Gasteiger charge is -2.03. The molecule has 0 amide bonds. The smallest absolute Gasteiger partial charge is 0.321 e. The van der Waals surface area contributed by atoms with Crippen LogP contribution in [0.4, 0.5) is 0 Å². The minimum atomic E-state index is -3.44. The first-order chi connectivity index (χ1) is 4.33. The molecular weight excluding hydrogens is 178 g/mol. The summed E-state index contributed by atoms with van der Waals surface area (Å²) >= 11 is 4.02. The molecule has 0 rings (SSSR count). The van der Waals surface area contributed by atoms with Gasteiger partial charge in [-0.05, 0) is 0 Å². The van der Waals surface area contributed by atoms with Gasteiger partial charge >= 0.3 is 5.97 Å². The molecule has 60 valence electrons. The van der Waals surface area contributed by atoms with E-state index in [1.54, 1.807) is 0 Å². The Morgan fingerprint density at radius 3 is 2.30 bits per heavy atom. The Bertz CT molecular complexity index is 221. The monoisotopic (exact) mass is 185 g/mol. The molecule has 0 aromatic carbocycles. The highest BCUT2D eigenvalue weighted by molar-refractivity contribution is 8.29. The van der Waals surface area contributed by atoms with Gasteiger partial charge < -0.3 is 15.4 Å². The van der Waals surface area contributed by atoms with Crippen LogP contribution in [-0.4, -0.2) is 31.6 Å². The van der Waals surface area contributed by atoms with E-state index in [1.165, 1.54) is 0 Å². The van der Waals surface area contributed by atoms with E-state index in [0.29, 0.717) is 0 Å². The van der Waals surface area contributed by atoms with Crippen LogP contribution in [0, 0.1) is 0 Å². The lowest BCUT2D eigenvalue weighted by atomic mass is 10.4. The van der Waals surface area contributed by atoms with Gasteiger partial charge in [-0.2, -0.15) is 0 Å². The second-order valence-electron chi connectivity index (χ2n) is 1.69. The molecule has 0 aliphatic carbocycles. The van der Waals surface area contributed by atoms with Crippen molar-refractivity contribution in [3.63, 3.8) is 0 Å². The van der Waals surface area contributed by atoms with Gasteiger partial charge in [0.1, 0.15) is 14.8 Å². The lowest BCUT2D eigenvalue weighted by Crippen LogP contribution is -2.36. The molecule has 0 aliphatic rings. The summed E-state index contributed by atoms with van der Waals surface area (Å²) in [4.78, 5) is 9.97. The molecular formula is C3H7NO4S2. The summed E-state index contributed by atoms with van der Waals surface area (Å²) in [6.07, 6.45) is 0. The van der Waals surface area contributed by atoms with E-state index in [0.717, 1.165) is 0 Å². The molecule has 0 aromatic rings.